The highest BCUT2D eigenvalue weighted by Gasteiger charge is 2.37. The van der Waals surface area contributed by atoms with E-state index in [1.165, 1.54) is 18.2 Å². The first kappa shape index (κ1) is 11.7. The largest absolute Gasteiger partial charge is 0.449 e. The quantitative estimate of drug-likeness (QED) is 0.790. The van der Waals surface area contributed by atoms with Crippen molar-refractivity contribution in [1.82, 2.24) is 9.55 Å². The lowest BCUT2D eigenvalue weighted by Crippen LogP contribution is -2.16. The number of nitrogens with two attached hydrogens (primary N) is 1. The number of imidazole rings is 1. The third kappa shape index (κ3) is 2.05. The van der Waals surface area contributed by atoms with Crippen LogP contribution in [0, 0.1) is 0 Å². The van der Waals surface area contributed by atoms with Crippen LogP contribution in [0.15, 0.2) is 18.2 Å². The van der Waals surface area contributed by atoms with Crippen molar-refractivity contribution in [3.63, 3.8) is 0 Å². The van der Waals surface area contributed by atoms with Crippen LogP contribution in [0.1, 0.15) is 5.82 Å². The predicted molar refractivity (Wildman–Crippen MR) is 56.2 cm³/mol. The van der Waals surface area contributed by atoms with Crippen LogP contribution in [0.5, 0.6) is 0 Å². The molecule has 2 aromatic rings. The Bertz CT molecular complexity index is 547. The fourth-order valence-corrected chi connectivity index (χ4v) is 1.69. The summed E-state index contributed by atoms with van der Waals surface area (Å²) in [5.74, 6) is -1.02. The normalized spacial score (nSPS) is 12.2. The summed E-state index contributed by atoms with van der Waals surface area (Å²) in [5.41, 5.74) is 6.31. The molecule has 0 unspecified atom stereocenters. The van der Waals surface area contributed by atoms with E-state index in [1.807, 2.05) is 0 Å². The van der Waals surface area contributed by atoms with E-state index in [0.29, 0.717) is 11.2 Å². The van der Waals surface area contributed by atoms with Crippen LogP contribution in [-0.2, 0) is 12.7 Å². The Morgan fingerprint density at radius 1 is 1.35 bits per heavy atom. The number of rotatable bonds is 2. The first-order valence-corrected chi connectivity index (χ1v) is 4.87. The van der Waals surface area contributed by atoms with Gasteiger partial charge in [0, 0.05) is 12.2 Å². The van der Waals surface area contributed by atoms with Crippen molar-refractivity contribution in [3.05, 3.63) is 24.0 Å². The van der Waals surface area contributed by atoms with Crippen molar-refractivity contribution in [2.45, 2.75) is 12.7 Å². The average Bonchev–Trinajstić information content (AvgIpc) is 2.56. The molecule has 1 aromatic carbocycles. The van der Waals surface area contributed by atoms with Gasteiger partial charge in [-0.2, -0.15) is 13.2 Å². The first-order valence-electron chi connectivity index (χ1n) is 4.87. The molecule has 0 fully saturated rings. The average molecular weight is 245 g/mol. The number of alkyl halides is 3. The van der Waals surface area contributed by atoms with Crippen molar-refractivity contribution in [3.8, 4) is 0 Å². The van der Waals surface area contributed by atoms with E-state index in [-0.39, 0.29) is 18.7 Å². The van der Waals surface area contributed by atoms with Crippen molar-refractivity contribution >= 4 is 16.7 Å². The molecule has 7 heteroatoms. The van der Waals surface area contributed by atoms with Crippen molar-refractivity contribution in [2.75, 3.05) is 12.3 Å². The van der Waals surface area contributed by atoms with E-state index in [9.17, 15) is 13.2 Å². The number of halogens is 3. The molecule has 0 saturated heterocycles. The Labute approximate surface area is 94.5 Å². The topological polar surface area (TPSA) is 64.1 Å². The number of anilines is 1. The van der Waals surface area contributed by atoms with Crippen LogP contribution >= 0.6 is 0 Å². The summed E-state index contributed by atoms with van der Waals surface area (Å²) < 4.78 is 39.1. The fraction of sp³-hybridized carbons (Fsp3) is 0.300. The Morgan fingerprint density at radius 3 is 2.65 bits per heavy atom. The van der Waals surface area contributed by atoms with Crippen molar-refractivity contribution in [2.24, 2.45) is 0 Å². The highest BCUT2D eigenvalue weighted by Crippen LogP contribution is 2.31. The van der Waals surface area contributed by atoms with Gasteiger partial charge >= 0.3 is 6.18 Å². The van der Waals surface area contributed by atoms with Gasteiger partial charge in [-0.25, -0.2) is 4.98 Å². The van der Waals surface area contributed by atoms with Crippen LogP contribution < -0.4 is 5.73 Å². The number of hydrogen-bond acceptors (Lipinski definition) is 3. The number of aromatic nitrogens is 2. The maximum atomic E-state index is 12.7. The van der Waals surface area contributed by atoms with E-state index in [2.05, 4.69) is 4.98 Å². The predicted octanol–water partition coefficient (Wildman–Crippen LogP) is 1.63. The summed E-state index contributed by atoms with van der Waals surface area (Å²) in [6.45, 7) is -0.547. The van der Waals surface area contributed by atoms with Crippen LogP contribution in [0.4, 0.5) is 18.9 Å². The number of aliphatic hydroxyl groups is 1. The molecule has 0 radical (unpaired) electrons. The minimum absolute atomic E-state index is 0.157. The van der Waals surface area contributed by atoms with Crippen LogP contribution in [0.25, 0.3) is 11.0 Å². The molecule has 1 heterocycles. The van der Waals surface area contributed by atoms with E-state index < -0.39 is 12.0 Å². The molecular weight excluding hydrogens is 235 g/mol. The number of hydrogen-bond donors (Lipinski definition) is 2. The zero-order chi connectivity index (χ0) is 12.6. The smallest absolute Gasteiger partial charge is 0.399 e. The minimum atomic E-state index is -4.55. The zero-order valence-electron chi connectivity index (χ0n) is 8.70. The second kappa shape index (κ2) is 3.92. The molecule has 0 bridgehead atoms. The number of aliphatic hydroxyl groups excluding tert-OH is 1. The minimum Gasteiger partial charge on any atom is -0.399 e. The van der Waals surface area contributed by atoms with Gasteiger partial charge < -0.3 is 15.4 Å². The first-order chi connectivity index (χ1) is 7.93. The molecule has 0 amide bonds. The van der Waals surface area contributed by atoms with Gasteiger partial charge in [0.25, 0.3) is 0 Å². The fourth-order valence-electron chi connectivity index (χ4n) is 1.69. The molecule has 17 heavy (non-hydrogen) atoms. The van der Waals surface area contributed by atoms with Crippen molar-refractivity contribution < 1.29 is 18.3 Å². The number of nitrogen functional groups attached to an aromatic ring is 1. The summed E-state index contributed by atoms with van der Waals surface area (Å²) in [6.07, 6.45) is -4.55. The molecular formula is C10H10F3N3O. The number of fused-ring (bicyclic) bond motifs is 1. The monoisotopic (exact) mass is 245 g/mol. The highest BCUT2D eigenvalue weighted by molar-refractivity contribution is 5.79. The molecule has 0 aliphatic rings. The molecule has 92 valence electrons. The van der Waals surface area contributed by atoms with Gasteiger partial charge in [0.15, 0.2) is 0 Å². The lowest BCUT2D eigenvalue weighted by Gasteiger charge is -2.09. The molecule has 3 N–H and O–H groups in total. The molecule has 0 atom stereocenters. The van der Waals surface area contributed by atoms with E-state index >= 15 is 0 Å². The highest BCUT2D eigenvalue weighted by atomic mass is 19.4. The van der Waals surface area contributed by atoms with Gasteiger partial charge in [-0.05, 0) is 18.2 Å². The molecule has 0 spiro atoms. The molecule has 0 saturated carbocycles. The third-order valence-corrected chi connectivity index (χ3v) is 2.35. The summed E-state index contributed by atoms with van der Waals surface area (Å²) >= 11 is 0. The van der Waals surface area contributed by atoms with Gasteiger partial charge in [-0.1, -0.05) is 0 Å². The summed E-state index contributed by atoms with van der Waals surface area (Å²) in [6, 6.07) is 4.33. The van der Waals surface area contributed by atoms with Crippen LogP contribution in [0.3, 0.4) is 0 Å². The standard InChI is InChI=1S/C10H10F3N3O/c11-10(12,13)9-15-7-5-6(14)1-2-8(7)16(9)3-4-17/h1-2,5,17H,3-4,14H2. The number of benzene rings is 1. The second-order valence-electron chi connectivity index (χ2n) is 3.56. The van der Waals surface area contributed by atoms with Crippen molar-refractivity contribution in [1.29, 1.82) is 0 Å². The Kier molecular flexibility index (Phi) is 2.70. The van der Waals surface area contributed by atoms with E-state index in [0.717, 1.165) is 4.57 Å². The Morgan fingerprint density at radius 2 is 2.06 bits per heavy atom. The van der Waals surface area contributed by atoms with Gasteiger partial charge in [0.1, 0.15) is 0 Å². The SMILES string of the molecule is Nc1ccc2c(c1)nc(C(F)(F)F)n2CCO. The molecule has 0 aliphatic carbocycles. The number of nitrogens with zero attached hydrogens (tertiary/aromatic N) is 2. The third-order valence-electron chi connectivity index (χ3n) is 2.35. The second-order valence-corrected chi connectivity index (χ2v) is 3.56. The van der Waals surface area contributed by atoms with Crippen LogP contribution in [-0.4, -0.2) is 21.3 Å². The van der Waals surface area contributed by atoms with E-state index in [1.54, 1.807) is 0 Å². The van der Waals surface area contributed by atoms with E-state index in [4.69, 9.17) is 10.8 Å². The van der Waals surface area contributed by atoms with Gasteiger partial charge in [-0.15, -0.1) is 0 Å². The summed E-state index contributed by atoms with van der Waals surface area (Å²) in [5, 5.41) is 8.80. The van der Waals surface area contributed by atoms with Crippen LogP contribution in [0.2, 0.25) is 0 Å². The summed E-state index contributed by atoms with van der Waals surface area (Å²) in [7, 11) is 0. The maximum Gasteiger partial charge on any atom is 0.449 e. The lowest BCUT2D eigenvalue weighted by atomic mass is 10.3. The Hall–Kier alpha value is -1.76. The lowest BCUT2D eigenvalue weighted by molar-refractivity contribution is -0.147. The molecule has 2 rings (SSSR count). The summed E-state index contributed by atoms with van der Waals surface area (Å²) in [4.78, 5) is 3.51. The Balaban J connectivity index is 2.70. The van der Waals surface area contributed by atoms with Gasteiger partial charge in [0.05, 0.1) is 17.6 Å². The molecule has 4 nitrogen and oxygen atoms in total. The van der Waals surface area contributed by atoms with Gasteiger partial charge in [0.2, 0.25) is 5.82 Å². The zero-order valence-corrected chi connectivity index (χ0v) is 8.70. The molecule has 1 aromatic heterocycles. The van der Waals surface area contributed by atoms with Gasteiger partial charge in [-0.3, -0.25) is 0 Å². The maximum absolute atomic E-state index is 12.7. The molecule has 0 aliphatic heterocycles.